The first kappa shape index (κ1) is 27.1. The number of anilines is 1. The van der Waals surface area contributed by atoms with Crippen LogP contribution in [-0.4, -0.2) is 64.0 Å². The predicted octanol–water partition coefficient (Wildman–Crippen LogP) is 3.53. The molecule has 0 saturated carbocycles. The van der Waals surface area contributed by atoms with Crippen LogP contribution in [0.1, 0.15) is 13.3 Å². The number of nitrogens with one attached hydrogen (secondary N) is 1. The molecule has 37 heavy (non-hydrogen) atoms. The maximum absolute atomic E-state index is 12.8. The second-order valence-electron chi connectivity index (χ2n) is 7.86. The van der Waals surface area contributed by atoms with Crippen molar-refractivity contribution in [1.29, 1.82) is 0 Å². The zero-order chi connectivity index (χ0) is 26.5. The van der Waals surface area contributed by atoms with Gasteiger partial charge in [0, 0.05) is 18.1 Å². The van der Waals surface area contributed by atoms with E-state index in [1.807, 2.05) is 6.92 Å². The fourth-order valence-corrected chi connectivity index (χ4v) is 5.80. The molecule has 11 nitrogen and oxygen atoms in total. The molecule has 2 aromatic carbocycles. The molecule has 1 saturated heterocycles. The van der Waals surface area contributed by atoms with Crippen LogP contribution in [-0.2, 0) is 24.8 Å². The average Bonchev–Trinajstić information content (AvgIpc) is 2.89. The number of halogens is 1. The van der Waals surface area contributed by atoms with Crippen LogP contribution in [0.15, 0.2) is 64.5 Å². The van der Waals surface area contributed by atoms with Gasteiger partial charge in [0.25, 0.3) is 15.9 Å². The zero-order valence-corrected chi connectivity index (χ0v) is 22.2. The molecule has 2 heterocycles. The lowest BCUT2D eigenvalue weighted by Crippen LogP contribution is -2.40. The number of rotatable bonds is 10. The van der Waals surface area contributed by atoms with Crippen LogP contribution >= 0.6 is 11.6 Å². The molecule has 0 bridgehead atoms. The number of benzene rings is 2. The summed E-state index contributed by atoms with van der Waals surface area (Å²) in [4.78, 5) is 8.33. The summed E-state index contributed by atoms with van der Waals surface area (Å²) in [6.45, 7) is 3.50. The Hall–Kier alpha value is -2.97. The van der Waals surface area contributed by atoms with E-state index in [2.05, 4.69) is 14.7 Å². The lowest BCUT2D eigenvalue weighted by molar-refractivity contribution is 0.0730. The Bertz CT molecular complexity index is 1430. The van der Waals surface area contributed by atoms with Gasteiger partial charge in [0.15, 0.2) is 0 Å². The van der Waals surface area contributed by atoms with E-state index in [1.165, 1.54) is 59.0 Å². The Morgan fingerprint density at radius 1 is 1.00 bits per heavy atom. The minimum atomic E-state index is -3.97. The van der Waals surface area contributed by atoms with Crippen molar-refractivity contribution in [3.63, 3.8) is 0 Å². The Morgan fingerprint density at radius 2 is 1.65 bits per heavy atom. The lowest BCUT2D eigenvalue weighted by atomic mass is 10.3. The van der Waals surface area contributed by atoms with Gasteiger partial charge in [-0.25, -0.2) is 26.5 Å². The SMILES string of the molecule is CCCOc1nc(NS(=O)(=O)c2ccc(Cl)cc2)ncc1Oc1ccc(S(=O)(=O)N2CCOCC2)cc1. The van der Waals surface area contributed by atoms with E-state index < -0.39 is 20.0 Å². The van der Waals surface area contributed by atoms with Crippen LogP contribution < -0.4 is 14.2 Å². The maximum Gasteiger partial charge on any atom is 0.264 e. The molecule has 0 radical (unpaired) electrons. The molecule has 198 valence electrons. The number of ether oxygens (including phenoxy) is 3. The fourth-order valence-electron chi connectivity index (χ4n) is 3.31. The normalized spacial score (nSPS) is 14.8. The van der Waals surface area contributed by atoms with Gasteiger partial charge in [0.1, 0.15) is 5.75 Å². The highest BCUT2D eigenvalue weighted by Crippen LogP contribution is 2.31. The topological polar surface area (TPSA) is 137 Å². The quantitative estimate of drug-likeness (QED) is 0.389. The molecule has 3 aromatic rings. The first-order valence-corrected chi connectivity index (χ1v) is 14.6. The van der Waals surface area contributed by atoms with Gasteiger partial charge in [-0.1, -0.05) is 18.5 Å². The van der Waals surface area contributed by atoms with Gasteiger partial charge in [0.05, 0.1) is 35.8 Å². The van der Waals surface area contributed by atoms with Crippen molar-refractivity contribution in [2.45, 2.75) is 23.1 Å². The molecular formula is C23H25ClN4O7S2. The summed E-state index contributed by atoms with van der Waals surface area (Å²) in [6.07, 6.45) is 1.94. The van der Waals surface area contributed by atoms with E-state index >= 15 is 0 Å². The van der Waals surface area contributed by atoms with Crippen molar-refractivity contribution in [2.75, 3.05) is 37.6 Å². The number of aromatic nitrogens is 2. The Labute approximate surface area is 220 Å². The van der Waals surface area contributed by atoms with Gasteiger partial charge in [-0.3, -0.25) is 0 Å². The lowest BCUT2D eigenvalue weighted by Gasteiger charge is -2.26. The molecule has 0 atom stereocenters. The number of hydrogen-bond acceptors (Lipinski definition) is 9. The van der Waals surface area contributed by atoms with Crippen LogP contribution in [0, 0.1) is 0 Å². The summed E-state index contributed by atoms with van der Waals surface area (Å²) in [5, 5.41) is 0.402. The third-order valence-electron chi connectivity index (χ3n) is 5.17. The number of sulfonamides is 2. The first-order chi connectivity index (χ1) is 17.7. The standard InChI is InChI=1S/C23H25ClN4O7S2/c1-2-13-34-22-21(16-25-23(26-22)27-36(29,30)19-7-3-17(24)4-8-19)35-18-5-9-20(10-6-18)37(31,32)28-11-14-33-15-12-28/h3-10,16H,2,11-15H2,1H3,(H,25,26,27). The summed E-state index contributed by atoms with van der Waals surface area (Å²) in [5.74, 6) is 0.267. The zero-order valence-electron chi connectivity index (χ0n) is 19.8. The third kappa shape index (κ3) is 6.67. The average molecular weight is 569 g/mol. The Kier molecular flexibility index (Phi) is 8.49. The molecule has 1 aliphatic rings. The van der Waals surface area contributed by atoms with Crippen LogP contribution in [0.25, 0.3) is 0 Å². The largest absolute Gasteiger partial charge is 0.475 e. The van der Waals surface area contributed by atoms with Gasteiger partial charge in [0.2, 0.25) is 21.7 Å². The first-order valence-electron chi connectivity index (χ1n) is 11.3. The van der Waals surface area contributed by atoms with Gasteiger partial charge in [-0.15, -0.1) is 0 Å². The van der Waals surface area contributed by atoms with Gasteiger partial charge >= 0.3 is 0 Å². The van der Waals surface area contributed by atoms with E-state index in [4.69, 9.17) is 25.8 Å². The second-order valence-corrected chi connectivity index (χ2v) is 11.9. The summed E-state index contributed by atoms with van der Waals surface area (Å²) < 4.78 is 71.4. The number of hydrogen-bond donors (Lipinski definition) is 1. The van der Waals surface area contributed by atoms with Crippen molar-refractivity contribution in [1.82, 2.24) is 14.3 Å². The van der Waals surface area contributed by atoms with Crippen molar-refractivity contribution in [3.8, 4) is 17.4 Å². The highest BCUT2D eigenvalue weighted by molar-refractivity contribution is 7.92. The Morgan fingerprint density at radius 3 is 2.30 bits per heavy atom. The highest BCUT2D eigenvalue weighted by Gasteiger charge is 2.26. The monoisotopic (exact) mass is 568 g/mol. The molecule has 1 fully saturated rings. The summed E-state index contributed by atoms with van der Waals surface area (Å²) in [7, 11) is -7.61. The molecule has 0 aliphatic carbocycles. The Balaban J connectivity index is 1.53. The number of morpholine rings is 1. The second kappa shape index (κ2) is 11.6. The van der Waals surface area contributed by atoms with Gasteiger partial charge in [-0.2, -0.15) is 9.29 Å². The smallest absolute Gasteiger partial charge is 0.264 e. The van der Waals surface area contributed by atoms with Crippen LogP contribution in [0.5, 0.6) is 17.4 Å². The van der Waals surface area contributed by atoms with Crippen LogP contribution in [0.3, 0.4) is 0 Å². The van der Waals surface area contributed by atoms with Gasteiger partial charge < -0.3 is 14.2 Å². The fraction of sp³-hybridized carbons (Fsp3) is 0.304. The van der Waals surface area contributed by atoms with Crippen LogP contribution in [0.4, 0.5) is 5.95 Å². The maximum atomic E-state index is 12.8. The summed E-state index contributed by atoms with van der Waals surface area (Å²) >= 11 is 5.83. The molecule has 1 aliphatic heterocycles. The molecule has 1 aromatic heterocycles. The van der Waals surface area contributed by atoms with Crippen LogP contribution in [0.2, 0.25) is 5.02 Å². The highest BCUT2D eigenvalue weighted by atomic mass is 35.5. The van der Waals surface area contributed by atoms with E-state index in [0.717, 1.165) is 0 Å². The van der Waals surface area contributed by atoms with E-state index in [0.29, 0.717) is 50.1 Å². The van der Waals surface area contributed by atoms with Crippen molar-refractivity contribution in [2.24, 2.45) is 0 Å². The molecular weight excluding hydrogens is 544 g/mol. The summed E-state index contributed by atoms with van der Waals surface area (Å²) in [6, 6.07) is 11.5. The minimum Gasteiger partial charge on any atom is -0.475 e. The molecule has 1 N–H and O–H groups in total. The number of nitrogens with zero attached hydrogens (tertiary/aromatic N) is 3. The predicted molar refractivity (Wildman–Crippen MR) is 136 cm³/mol. The molecule has 0 unspecified atom stereocenters. The molecule has 0 amide bonds. The molecule has 4 rings (SSSR count). The summed E-state index contributed by atoms with van der Waals surface area (Å²) in [5.41, 5.74) is 0. The minimum absolute atomic E-state index is 0.0102. The molecule has 0 spiro atoms. The van der Waals surface area contributed by atoms with E-state index in [1.54, 1.807) is 0 Å². The van der Waals surface area contributed by atoms with E-state index in [9.17, 15) is 16.8 Å². The van der Waals surface area contributed by atoms with Crippen molar-refractivity contribution in [3.05, 3.63) is 59.8 Å². The third-order valence-corrected chi connectivity index (χ3v) is 8.68. The molecule has 14 heteroatoms. The van der Waals surface area contributed by atoms with Gasteiger partial charge in [-0.05, 0) is 55.0 Å². The van der Waals surface area contributed by atoms with E-state index in [-0.39, 0.29) is 27.4 Å². The van der Waals surface area contributed by atoms with Crippen molar-refractivity contribution >= 4 is 37.6 Å². The van der Waals surface area contributed by atoms with Crippen molar-refractivity contribution < 1.29 is 31.0 Å².